The summed E-state index contributed by atoms with van der Waals surface area (Å²) in [5.41, 5.74) is 11.5. The second kappa shape index (κ2) is 5.00. The molecule has 1 amide bonds. The van der Waals surface area contributed by atoms with Crippen molar-refractivity contribution in [3.05, 3.63) is 28.8 Å². The van der Waals surface area contributed by atoms with Gasteiger partial charge in [-0.25, -0.2) is 0 Å². The zero-order chi connectivity index (χ0) is 11.4. The Balaban J connectivity index is 2.90. The Kier molecular flexibility index (Phi) is 3.94. The molecule has 4 nitrogen and oxygen atoms in total. The molecule has 1 aromatic rings. The first-order valence-electron chi connectivity index (χ1n) is 4.47. The van der Waals surface area contributed by atoms with Crippen LogP contribution in [0, 0.1) is 0 Å². The molecule has 0 heterocycles. The molecule has 1 rings (SSSR count). The maximum Gasteiger partial charge on any atom is 0.255 e. The van der Waals surface area contributed by atoms with E-state index in [4.69, 9.17) is 27.8 Å². The largest absolute Gasteiger partial charge is 0.483 e. The van der Waals surface area contributed by atoms with Crippen molar-refractivity contribution in [2.75, 3.05) is 6.61 Å². The molecule has 0 spiro atoms. The van der Waals surface area contributed by atoms with Crippen LogP contribution in [-0.4, -0.2) is 12.5 Å². The van der Waals surface area contributed by atoms with Gasteiger partial charge in [-0.1, -0.05) is 11.6 Å². The lowest BCUT2D eigenvalue weighted by Gasteiger charge is -2.13. The van der Waals surface area contributed by atoms with Crippen LogP contribution in [0.25, 0.3) is 0 Å². The van der Waals surface area contributed by atoms with E-state index < -0.39 is 5.91 Å². The van der Waals surface area contributed by atoms with Gasteiger partial charge in [0.05, 0.1) is 0 Å². The van der Waals surface area contributed by atoms with Crippen molar-refractivity contribution >= 4 is 17.5 Å². The summed E-state index contributed by atoms with van der Waals surface area (Å²) in [6.45, 7) is 1.64. The van der Waals surface area contributed by atoms with Crippen LogP contribution < -0.4 is 16.2 Å². The van der Waals surface area contributed by atoms with Crippen LogP contribution in [-0.2, 0) is 4.79 Å². The molecule has 15 heavy (non-hydrogen) atoms. The smallest absolute Gasteiger partial charge is 0.255 e. The third-order valence-corrected chi connectivity index (χ3v) is 2.07. The highest BCUT2D eigenvalue weighted by Crippen LogP contribution is 2.27. The summed E-state index contributed by atoms with van der Waals surface area (Å²) in [5, 5.41) is 0.578. The molecule has 0 aliphatic carbocycles. The number of nitrogens with two attached hydrogens (primary N) is 2. The second-order valence-electron chi connectivity index (χ2n) is 3.23. The minimum atomic E-state index is -0.527. The van der Waals surface area contributed by atoms with E-state index in [2.05, 4.69) is 0 Å². The predicted octanol–water partition coefficient (Wildman–Crippen LogP) is 1.22. The van der Waals surface area contributed by atoms with Gasteiger partial charge >= 0.3 is 0 Å². The number of rotatable bonds is 4. The average molecular weight is 229 g/mol. The Morgan fingerprint density at radius 1 is 1.60 bits per heavy atom. The van der Waals surface area contributed by atoms with E-state index in [-0.39, 0.29) is 12.6 Å². The van der Waals surface area contributed by atoms with Gasteiger partial charge in [0, 0.05) is 16.6 Å². The summed E-state index contributed by atoms with van der Waals surface area (Å²) in [7, 11) is 0. The normalized spacial score (nSPS) is 12.2. The van der Waals surface area contributed by atoms with E-state index in [1.54, 1.807) is 18.2 Å². The molecular weight excluding hydrogens is 216 g/mol. The zero-order valence-corrected chi connectivity index (χ0v) is 9.12. The molecule has 1 aromatic carbocycles. The van der Waals surface area contributed by atoms with Gasteiger partial charge < -0.3 is 16.2 Å². The average Bonchev–Trinajstić information content (AvgIpc) is 2.15. The van der Waals surface area contributed by atoms with Gasteiger partial charge in [0.2, 0.25) is 0 Å². The molecule has 0 aromatic heterocycles. The van der Waals surface area contributed by atoms with Crippen LogP contribution in [0.1, 0.15) is 18.5 Å². The van der Waals surface area contributed by atoms with Gasteiger partial charge in [-0.15, -0.1) is 0 Å². The standard InChI is InChI=1S/C10H13ClN2O2/c1-6(12)8-4-7(11)2-3-9(8)15-5-10(13)14/h2-4,6H,5,12H2,1H3,(H2,13,14)/t6-/m0/s1. The lowest BCUT2D eigenvalue weighted by atomic mass is 10.1. The Morgan fingerprint density at radius 3 is 2.80 bits per heavy atom. The molecule has 0 fully saturated rings. The number of primary amides is 1. The minimum absolute atomic E-state index is 0.165. The van der Waals surface area contributed by atoms with Crippen molar-refractivity contribution in [2.24, 2.45) is 11.5 Å². The van der Waals surface area contributed by atoms with E-state index >= 15 is 0 Å². The number of hydrogen-bond acceptors (Lipinski definition) is 3. The van der Waals surface area contributed by atoms with Crippen molar-refractivity contribution in [1.82, 2.24) is 0 Å². The summed E-state index contributed by atoms with van der Waals surface area (Å²) in [6.07, 6.45) is 0. The molecule has 0 bridgehead atoms. The number of carbonyl (C=O) groups is 1. The first kappa shape index (κ1) is 11.8. The van der Waals surface area contributed by atoms with Gasteiger partial charge in [0.25, 0.3) is 5.91 Å². The third kappa shape index (κ3) is 3.42. The minimum Gasteiger partial charge on any atom is -0.483 e. The van der Waals surface area contributed by atoms with Crippen molar-refractivity contribution in [3.8, 4) is 5.75 Å². The molecule has 0 unspecified atom stereocenters. The van der Waals surface area contributed by atoms with Gasteiger partial charge in [-0.3, -0.25) is 4.79 Å². The molecular formula is C10H13ClN2O2. The monoisotopic (exact) mass is 228 g/mol. The van der Waals surface area contributed by atoms with Gasteiger partial charge in [-0.2, -0.15) is 0 Å². The summed E-state index contributed by atoms with van der Waals surface area (Å²) >= 11 is 5.82. The fourth-order valence-corrected chi connectivity index (χ4v) is 1.34. The third-order valence-electron chi connectivity index (χ3n) is 1.83. The van der Waals surface area contributed by atoms with Crippen LogP contribution in [0.2, 0.25) is 5.02 Å². The number of hydrogen-bond donors (Lipinski definition) is 2. The van der Waals surface area contributed by atoms with E-state index in [1.165, 1.54) is 0 Å². The van der Waals surface area contributed by atoms with Crippen LogP contribution >= 0.6 is 11.6 Å². The highest BCUT2D eigenvalue weighted by Gasteiger charge is 2.09. The van der Waals surface area contributed by atoms with Crippen LogP contribution in [0.3, 0.4) is 0 Å². The summed E-state index contributed by atoms with van der Waals surface area (Å²) in [4.78, 5) is 10.6. The molecule has 0 saturated carbocycles. The molecule has 82 valence electrons. The molecule has 4 N–H and O–H groups in total. The highest BCUT2D eigenvalue weighted by molar-refractivity contribution is 6.30. The number of amides is 1. The number of carbonyl (C=O) groups excluding carboxylic acids is 1. The van der Waals surface area contributed by atoms with Crippen LogP contribution in [0.5, 0.6) is 5.75 Å². The van der Waals surface area contributed by atoms with Gasteiger partial charge in [0.15, 0.2) is 6.61 Å². The van der Waals surface area contributed by atoms with Crippen molar-refractivity contribution in [2.45, 2.75) is 13.0 Å². The van der Waals surface area contributed by atoms with Crippen molar-refractivity contribution in [1.29, 1.82) is 0 Å². The number of ether oxygens (including phenoxy) is 1. The summed E-state index contributed by atoms with van der Waals surface area (Å²) < 4.78 is 5.20. The SMILES string of the molecule is C[C@H](N)c1cc(Cl)ccc1OCC(N)=O. The molecule has 0 radical (unpaired) electrons. The molecule has 0 aliphatic rings. The number of benzene rings is 1. The molecule has 0 saturated heterocycles. The topological polar surface area (TPSA) is 78.3 Å². The van der Waals surface area contributed by atoms with Crippen LogP contribution in [0.4, 0.5) is 0 Å². The van der Waals surface area contributed by atoms with E-state index in [0.29, 0.717) is 10.8 Å². The highest BCUT2D eigenvalue weighted by atomic mass is 35.5. The summed E-state index contributed by atoms with van der Waals surface area (Å²) in [6, 6.07) is 4.84. The van der Waals surface area contributed by atoms with Crippen LogP contribution in [0.15, 0.2) is 18.2 Å². The number of halogens is 1. The Morgan fingerprint density at radius 2 is 2.27 bits per heavy atom. The Bertz CT molecular complexity index is 366. The fourth-order valence-electron chi connectivity index (χ4n) is 1.16. The van der Waals surface area contributed by atoms with E-state index in [0.717, 1.165) is 5.56 Å². The Labute approximate surface area is 93.1 Å². The predicted molar refractivity (Wildman–Crippen MR) is 58.7 cm³/mol. The lowest BCUT2D eigenvalue weighted by Crippen LogP contribution is -2.21. The Hall–Kier alpha value is -1.26. The van der Waals surface area contributed by atoms with E-state index in [9.17, 15) is 4.79 Å². The van der Waals surface area contributed by atoms with Gasteiger partial charge in [-0.05, 0) is 25.1 Å². The van der Waals surface area contributed by atoms with Crippen molar-refractivity contribution < 1.29 is 9.53 Å². The maximum absolute atomic E-state index is 10.6. The molecule has 5 heteroatoms. The van der Waals surface area contributed by atoms with E-state index in [1.807, 2.05) is 6.92 Å². The summed E-state index contributed by atoms with van der Waals surface area (Å²) in [5.74, 6) is 0.00812. The van der Waals surface area contributed by atoms with Crippen molar-refractivity contribution in [3.63, 3.8) is 0 Å². The van der Waals surface area contributed by atoms with Gasteiger partial charge in [0.1, 0.15) is 5.75 Å². The first-order valence-corrected chi connectivity index (χ1v) is 4.84. The molecule has 0 aliphatic heterocycles. The second-order valence-corrected chi connectivity index (χ2v) is 3.66. The quantitative estimate of drug-likeness (QED) is 0.814. The fraction of sp³-hybridized carbons (Fsp3) is 0.300. The lowest BCUT2D eigenvalue weighted by molar-refractivity contribution is -0.119. The zero-order valence-electron chi connectivity index (χ0n) is 8.37. The first-order chi connectivity index (χ1) is 7.00. The maximum atomic E-state index is 10.6. The molecule has 1 atom stereocenters.